The molecule has 1 unspecified atom stereocenters. The number of rotatable bonds is 6. The topological polar surface area (TPSA) is 66.7 Å². The van der Waals surface area contributed by atoms with Gasteiger partial charge in [-0.25, -0.2) is 13.4 Å². The maximum Gasteiger partial charge on any atom is 0.175 e. The van der Waals surface area contributed by atoms with Crippen molar-refractivity contribution < 1.29 is 8.42 Å². The van der Waals surface area contributed by atoms with E-state index in [1.54, 1.807) is 12.1 Å². The van der Waals surface area contributed by atoms with Gasteiger partial charge in [0.2, 0.25) is 0 Å². The van der Waals surface area contributed by atoms with Gasteiger partial charge >= 0.3 is 0 Å². The van der Waals surface area contributed by atoms with Crippen LogP contribution in [0.1, 0.15) is 63.1 Å². The van der Waals surface area contributed by atoms with Crippen LogP contribution >= 0.6 is 0 Å². The van der Waals surface area contributed by atoms with E-state index < -0.39 is 9.84 Å². The third-order valence-corrected chi connectivity index (χ3v) is 9.25. The molecule has 2 fully saturated rings. The molecule has 0 saturated carbocycles. The molecule has 0 aliphatic carbocycles. The van der Waals surface area contributed by atoms with Gasteiger partial charge in [0.15, 0.2) is 9.84 Å². The number of nitrogens with zero attached hydrogens (tertiary/aromatic N) is 3. The first kappa shape index (κ1) is 25.4. The Balaban J connectivity index is 1.40. The van der Waals surface area contributed by atoms with Crippen molar-refractivity contribution >= 4 is 15.5 Å². The maximum absolute atomic E-state index is 11.8. The molecule has 5 rings (SSSR count). The molecule has 0 radical (unpaired) electrons. The van der Waals surface area contributed by atoms with Gasteiger partial charge in [-0.05, 0) is 100 Å². The number of hydrogen-bond donors (Lipinski definition) is 1. The summed E-state index contributed by atoms with van der Waals surface area (Å²) >= 11 is 0. The van der Waals surface area contributed by atoms with Crippen LogP contribution in [0.4, 0.5) is 0 Å². The van der Waals surface area contributed by atoms with Gasteiger partial charge in [-0.3, -0.25) is 4.90 Å². The molecule has 0 spiro atoms. The number of hydrogen-bond acceptors (Lipinski definition) is 5. The molecule has 2 atom stereocenters. The first-order chi connectivity index (χ1) is 17.2. The van der Waals surface area contributed by atoms with Crippen molar-refractivity contribution in [2.75, 3.05) is 25.9 Å². The lowest BCUT2D eigenvalue weighted by atomic mass is 9.81. The predicted molar refractivity (Wildman–Crippen MR) is 146 cm³/mol. The second-order valence-corrected chi connectivity index (χ2v) is 13.3. The van der Waals surface area contributed by atoms with Crippen LogP contribution in [0.3, 0.4) is 0 Å². The third kappa shape index (κ3) is 5.38. The highest BCUT2D eigenvalue weighted by atomic mass is 32.2. The van der Waals surface area contributed by atoms with E-state index in [-0.39, 0.29) is 0 Å². The third-order valence-electron chi connectivity index (χ3n) is 8.12. The molecule has 1 N–H and O–H groups in total. The van der Waals surface area contributed by atoms with Gasteiger partial charge in [-0.2, -0.15) is 0 Å². The number of aryl methyl sites for hydroxylation is 1. The molecule has 3 aromatic rings. The highest BCUT2D eigenvalue weighted by Crippen LogP contribution is 2.37. The number of benzene rings is 1. The van der Waals surface area contributed by atoms with E-state index in [2.05, 4.69) is 53.7 Å². The highest BCUT2D eigenvalue weighted by Gasteiger charge is 2.34. The monoisotopic (exact) mass is 508 g/mol. The summed E-state index contributed by atoms with van der Waals surface area (Å²) in [7, 11) is -3.21. The fourth-order valence-corrected chi connectivity index (χ4v) is 6.93. The summed E-state index contributed by atoms with van der Waals surface area (Å²) in [6.07, 6.45) is 9.52. The van der Waals surface area contributed by atoms with E-state index >= 15 is 0 Å². The molecular formula is C29H40N4O2S. The van der Waals surface area contributed by atoms with Crippen LogP contribution in [-0.2, 0) is 9.84 Å². The van der Waals surface area contributed by atoms with Crippen molar-refractivity contribution in [1.29, 1.82) is 0 Å². The van der Waals surface area contributed by atoms with Gasteiger partial charge in [0.25, 0.3) is 0 Å². The number of likely N-dealkylation sites (tertiary alicyclic amines) is 1. The molecule has 2 aliphatic heterocycles. The van der Waals surface area contributed by atoms with Crippen LogP contribution < -0.4 is 5.32 Å². The largest absolute Gasteiger partial charge is 0.317 e. The molecule has 1 aromatic carbocycles. The second kappa shape index (κ2) is 10.3. The molecule has 0 bridgehead atoms. The number of fused-ring (bicyclic) bond motifs is 1. The molecule has 194 valence electrons. The minimum absolute atomic E-state index is 0.334. The molecule has 0 amide bonds. The van der Waals surface area contributed by atoms with Gasteiger partial charge < -0.3 is 9.72 Å². The van der Waals surface area contributed by atoms with Crippen LogP contribution in [-0.4, -0.2) is 60.7 Å². The number of aromatic nitrogens is 2. The number of piperidine rings is 2. The quantitative estimate of drug-likeness (QED) is 0.504. The summed E-state index contributed by atoms with van der Waals surface area (Å²) in [6, 6.07) is 13.0. The normalized spacial score (nSPS) is 22.5. The van der Waals surface area contributed by atoms with Gasteiger partial charge in [0.1, 0.15) is 5.65 Å². The fourth-order valence-electron chi connectivity index (χ4n) is 6.29. The first-order valence-electron chi connectivity index (χ1n) is 13.5. The zero-order chi connectivity index (χ0) is 25.4. The summed E-state index contributed by atoms with van der Waals surface area (Å²) in [5.74, 6) is 1.26. The summed E-state index contributed by atoms with van der Waals surface area (Å²) in [5, 5.41) is 3.53. The van der Waals surface area contributed by atoms with E-state index in [1.165, 1.54) is 56.2 Å². The molecule has 2 aromatic heterocycles. The number of nitrogens with one attached hydrogen (secondary N) is 1. The number of sulfone groups is 1. The molecule has 2 saturated heterocycles. The SMILES string of the molecule is Cc1cc(C2CCN(C3CCNCC3)[C@H](CC(C)C)C2)cc2nc(-c3ccc(S(C)(=O)=O)cc3)cn12. The molecular weight excluding hydrogens is 468 g/mol. The Labute approximate surface area is 216 Å². The smallest absolute Gasteiger partial charge is 0.175 e. The van der Waals surface area contributed by atoms with Crippen molar-refractivity contribution in [3.63, 3.8) is 0 Å². The minimum Gasteiger partial charge on any atom is -0.317 e. The van der Waals surface area contributed by atoms with E-state index in [1.807, 2.05) is 12.1 Å². The molecule has 2 aliphatic rings. The lowest BCUT2D eigenvalue weighted by molar-refractivity contribution is 0.0562. The summed E-state index contributed by atoms with van der Waals surface area (Å²) < 4.78 is 25.8. The van der Waals surface area contributed by atoms with Crippen molar-refractivity contribution in [2.24, 2.45) is 5.92 Å². The van der Waals surface area contributed by atoms with Crippen LogP contribution in [0.5, 0.6) is 0 Å². The Morgan fingerprint density at radius 1 is 1.08 bits per heavy atom. The standard InChI is InChI=1S/C29H40N4O2S/c1-20(2)15-26-17-23(11-14-32(26)25-9-12-30-13-10-25)24-16-21(3)33-19-28(31-29(33)18-24)22-5-7-27(8-6-22)36(4,34)35/h5-8,16,18-20,23,25-26,30H,9-15,17H2,1-4H3/t23?,26-/m1/s1. The number of pyridine rings is 1. The average Bonchev–Trinajstić information content (AvgIpc) is 3.29. The van der Waals surface area contributed by atoms with Crippen LogP contribution in [0.25, 0.3) is 16.9 Å². The Bertz CT molecular complexity index is 1310. The average molecular weight is 509 g/mol. The van der Waals surface area contributed by atoms with Gasteiger partial charge in [-0.1, -0.05) is 26.0 Å². The fraction of sp³-hybridized carbons (Fsp3) is 0.552. The molecule has 7 heteroatoms. The van der Waals surface area contributed by atoms with Crippen molar-refractivity contribution in [3.05, 3.63) is 53.9 Å². The van der Waals surface area contributed by atoms with Crippen molar-refractivity contribution in [1.82, 2.24) is 19.6 Å². The molecule has 6 nitrogen and oxygen atoms in total. The van der Waals surface area contributed by atoms with E-state index in [0.717, 1.165) is 36.0 Å². The van der Waals surface area contributed by atoms with Crippen LogP contribution in [0.15, 0.2) is 47.5 Å². The molecule has 36 heavy (non-hydrogen) atoms. The second-order valence-electron chi connectivity index (χ2n) is 11.3. The zero-order valence-corrected chi connectivity index (χ0v) is 22.9. The van der Waals surface area contributed by atoms with Crippen LogP contribution in [0, 0.1) is 12.8 Å². The van der Waals surface area contributed by atoms with Crippen molar-refractivity contribution in [3.8, 4) is 11.3 Å². The van der Waals surface area contributed by atoms with Crippen LogP contribution in [0.2, 0.25) is 0 Å². The van der Waals surface area contributed by atoms with E-state index in [4.69, 9.17) is 4.98 Å². The lowest BCUT2D eigenvalue weighted by Gasteiger charge is -2.46. The van der Waals surface area contributed by atoms with Crippen molar-refractivity contribution in [2.45, 2.75) is 75.8 Å². The van der Waals surface area contributed by atoms with E-state index in [0.29, 0.717) is 22.8 Å². The zero-order valence-electron chi connectivity index (χ0n) is 22.1. The van der Waals surface area contributed by atoms with Gasteiger partial charge in [0, 0.05) is 35.8 Å². The maximum atomic E-state index is 11.8. The minimum atomic E-state index is -3.21. The lowest BCUT2D eigenvalue weighted by Crippen LogP contribution is -2.51. The van der Waals surface area contributed by atoms with Gasteiger partial charge in [0.05, 0.1) is 10.6 Å². The predicted octanol–water partition coefficient (Wildman–Crippen LogP) is 5.06. The van der Waals surface area contributed by atoms with Gasteiger partial charge in [-0.15, -0.1) is 0 Å². The summed E-state index contributed by atoms with van der Waals surface area (Å²) in [6.45, 7) is 10.3. The Morgan fingerprint density at radius 3 is 2.47 bits per heavy atom. The number of imidazole rings is 1. The highest BCUT2D eigenvalue weighted by molar-refractivity contribution is 7.90. The summed E-state index contributed by atoms with van der Waals surface area (Å²) in [4.78, 5) is 8.12. The Morgan fingerprint density at radius 2 is 1.81 bits per heavy atom. The van der Waals surface area contributed by atoms with E-state index in [9.17, 15) is 8.42 Å². The Hall–Kier alpha value is -2.22. The first-order valence-corrected chi connectivity index (χ1v) is 15.3. The Kier molecular flexibility index (Phi) is 7.25. The summed E-state index contributed by atoms with van der Waals surface area (Å²) in [5.41, 5.74) is 5.36. The molecule has 4 heterocycles.